The zero-order valence-corrected chi connectivity index (χ0v) is 13.6. The maximum Gasteiger partial charge on any atom is 0.163 e. The minimum Gasteiger partial charge on any atom is -0.457 e. The number of halogens is 1. The smallest absolute Gasteiger partial charge is 0.163 e. The molecule has 0 aliphatic heterocycles. The Morgan fingerprint density at radius 2 is 1.72 bits per heavy atom. The molecular formula is C18H11ClN4O2. The molecule has 2 N–H and O–H groups in total. The van der Waals surface area contributed by atoms with E-state index < -0.39 is 0 Å². The normalized spacial score (nSPS) is 9.24. The minimum absolute atomic E-state index is 0.166. The first-order valence-electron chi connectivity index (χ1n) is 7.00. The van der Waals surface area contributed by atoms with Crippen LogP contribution in [0.1, 0.15) is 5.56 Å². The highest BCUT2D eigenvalue weighted by molar-refractivity contribution is 6.30. The summed E-state index contributed by atoms with van der Waals surface area (Å²) < 4.78 is 5.70. The number of hydrogen-bond acceptors (Lipinski definition) is 6. The summed E-state index contributed by atoms with van der Waals surface area (Å²) in [7, 11) is 0. The van der Waals surface area contributed by atoms with Gasteiger partial charge in [0.2, 0.25) is 0 Å². The molecule has 2 aromatic rings. The van der Waals surface area contributed by atoms with Gasteiger partial charge < -0.3 is 15.2 Å². The van der Waals surface area contributed by atoms with E-state index >= 15 is 0 Å². The largest absolute Gasteiger partial charge is 0.457 e. The van der Waals surface area contributed by atoms with E-state index in [2.05, 4.69) is 5.32 Å². The molecule has 7 heteroatoms. The fraction of sp³-hybridized carbons (Fsp3) is 0.0556. The van der Waals surface area contributed by atoms with Gasteiger partial charge in [-0.05, 0) is 42.5 Å². The van der Waals surface area contributed by atoms with Crippen LogP contribution in [0.3, 0.4) is 0 Å². The third kappa shape index (κ3) is 4.50. The molecule has 0 spiro atoms. The number of nitrogens with one attached hydrogen (secondary N) is 1. The van der Waals surface area contributed by atoms with Gasteiger partial charge in [0.15, 0.2) is 5.57 Å². The maximum absolute atomic E-state index is 9.55. The van der Waals surface area contributed by atoms with Crippen LogP contribution >= 0.6 is 11.6 Å². The predicted octanol–water partition coefficient (Wildman–Crippen LogP) is 3.86. The highest BCUT2D eigenvalue weighted by Crippen LogP contribution is 2.29. The lowest BCUT2D eigenvalue weighted by Crippen LogP contribution is -2.02. The van der Waals surface area contributed by atoms with Crippen molar-refractivity contribution < 1.29 is 9.84 Å². The predicted molar refractivity (Wildman–Crippen MR) is 91.4 cm³/mol. The van der Waals surface area contributed by atoms with E-state index in [0.29, 0.717) is 27.8 Å². The molecule has 0 aliphatic rings. The molecule has 0 heterocycles. The number of benzene rings is 2. The van der Waals surface area contributed by atoms with Crippen LogP contribution in [-0.2, 0) is 6.61 Å². The van der Waals surface area contributed by atoms with Crippen molar-refractivity contribution in [3.8, 4) is 29.7 Å². The molecule has 0 atom stereocenters. The van der Waals surface area contributed by atoms with Gasteiger partial charge in [-0.2, -0.15) is 15.8 Å². The van der Waals surface area contributed by atoms with E-state index in [1.807, 2.05) is 0 Å². The van der Waals surface area contributed by atoms with Crippen molar-refractivity contribution >= 4 is 17.3 Å². The lowest BCUT2D eigenvalue weighted by Gasteiger charge is -2.12. The summed E-state index contributed by atoms with van der Waals surface area (Å²) in [6, 6.07) is 16.6. The number of nitriles is 3. The molecule has 0 saturated carbocycles. The van der Waals surface area contributed by atoms with Gasteiger partial charge in [0.25, 0.3) is 0 Å². The molecule has 0 saturated heterocycles. The Hall–Kier alpha value is -3.50. The van der Waals surface area contributed by atoms with Crippen molar-refractivity contribution in [2.75, 3.05) is 5.32 Å². The summed E-state index contributed by atoms with van der Waals surface area (Å²) in [5.41, 5.74) is 0.412. The number of hydrogen-bond donors (Lipinski definition) is 2. The molecule has 122 valence electrons. The molecule has 0 amide bonds. The first-order chi connectivity index (χ1) is 12.1. The van der Waals surface area contributed by atoms with E-state index in [1.165, 1.54) is 0 Å². The lowest BCUT2D eigenvalue weighted by atomic mass is 10.1. The molecule has 25 heavy (non-hydrogen) atoms. The Balaban J connectivity index is 2.29. The first kappa shape index (κ1) is 17.8. The summed E-state index contributed by atoms with van der Waals surface area (Å²) in [5.74, 6) is 0.979. The SMILES string of the molecule is N#CC(C#N)=C(C#N)Nc1ccc(Oc2ccc(Cl)cc2)c(CO)c1. The second-order valence-corrected chi connectivity index (χ2v) is 5.18. The average Bonchev–Trinajstić information content (AvgIpc) is 2.64. The van der Waals surface area contributed by atoms with Crippen LogP contribution in [0.15, 0.2) is 53.7 Å². The second-order valence-electron chi connectivity index (χ2n) is 4.75. The molecule has 2 aromatic carbocycles. The lowest BCUT2D eigenvalue weighted by molar-refractivity contribution is 0.276. The van der Waals surface area contributed by atoms with Gasteiger partial charge in [-0.15, -0.1) is 0 Å². The molecule has 0 aromatic heterocycles. The quantitative estimate of drug-likeness (QED) is 0.791. The van der Waals surface area contributed by atoms with Gasteiger partial charge in [0, 0.05) is 16.3 Å². The number of aliphatic hydroxyl groups is 1. The number of rotatable bonds is 5. The van der Waals surface area contributed by atoms with Crippen LogP contribution in [0, 0.1) is 34.0 Å². The second kappa shape index (κ2) is 8.38. The molecule has 6 nitrogen and oxygen atoms in total. The van der Waals surface area contributed by atoms with Gasteiger partial charge in [-0.1, -0.05) is 11.6 Å². The number of allylic oxidation sites excluding steroid dienone is 2. The van der Waals surface area contributed by atoms with Crippen molar-refractivity contribution in [3.05, 3.63) is 64.3 Å². The number of nitrogens with zero attached hydrogens (tertiary/aromatic N) is 3. The van der Waals surface area contributed by atoms with E-state index in [0.717, 1.165) is 0 Å². The Labute approximate surface area is 149 Å². The van der Waals surface area contributed by atoms with Gasteiger partial charge in [0.05, 0.1) is 6.61 Å². The monoisotopic (exact) mass is 350 g/mol. The van der Waals surface area contributed by atoms with Crippen molar-refractivity contribution in [1.82, 2.24) is 0 Å². The molecule has 0 radical (unpaired) electrons. The average molecular weight is 351 g/mol. The molecule has 0 aliphatic carbocycles. The van der Waals surface area contributed by atoms with Gasteiger partial charge in [-0.25, -0.2) is 0 Å². The van der Waals surface area contributed by atoms with Crippen LogP contribution in [0.25, 0.3) is 0 Å². The molecule has 0 bridgehead atoms. The topological polar surface area (TPSA) is 113 Å². The van der Waals surface area contributed by atoms with E-state index in [4.69, 9.17) is 32.1 Å². The van der Waals surface area contributed by atoms with Crippen molar-refractivity contribution in [2.24, 2.45) is 0 Å². The number of anilines is 1. The summed E-state index contributed by atoms with van der Waals surface area (Å²) >= 11 is 5.83. The van der Waals surface area contributed by atoms with Crippen LogP contribution in [0.4, 0.5) is 5.69 Å². The molecular weight excluding hydrogens is 340 g/mol. The summed E-state index contributed by atoms with van der Waals surface area (Å²) in [6.07, 6.45) is 0. The summed E-state index contributed by atoms with van der Waals surface area (Å²) in [5, 5.41) is 39.6. The van der Waals surface area contributed by atoms with Crippen LogP contribution < -0.4 is 10.1 Å². The fourth-order valence-corrected chi connectivity index (χ4v) is 2.06. The Morgan fingerprint density at radius 3 is 2.28 bits per heavy atom. The summed E-state index contributed by atoms with van der Waals surface area (Å²) in [6.45, 7) is -0.298. The first-order valence-corrected chi connectivity index (χ1v) is 7.38. The maximum atomic E-state index is 9.55. The van der Waals surface area contributed by atoms with Gasteiger partial charge in [-0.3, -0.25) is 0 Å². The number of ether oxygens (including phenoxy) is 1. The van der Waals surface area contributed by atoms with Crippen LogP contribution in [0.2, 0.25) is 5.02 Å². The van der Waals surface area contributed by atoms with Crippen LogP contribution in [0.5, 0.6) is 11.5 Å². The molecule has 0 unspecified atom stereocenters. The summed E-state index contributed by atoms with van der Waals surface area (Å²) in [4.78, 5) is 0. The van der Waals surface area contributed by atoms with Crippen molar-refractivity contribution in [3.63, 3.8) is 0 Å². The van der Waals surface area contributed by atoms with Gasteiger partial charge in [0.1, 0.15) is 35.4 Å². The molecule has 2 rings (SSSR count). The zero-order chi connectivity index (χ0) is 18.2. The number of aliphatic hydroxyl groups excluding tert-OH is 1. The minimum atomic E-state index is -0.325. The van der Waals surface area contributed by atoms with Crippen molar-refractivity contribution in [2.45, 2.75) is 6.61 Å². The van der Waals surface area contributed by atoms with E-state index in [-0.39, 0.29) is 17.9 Å². The van der Waals surface area contributed by atoms with Gasteiger partial charge >= 0.3 is 0 Å². The third-order valence-electron chi connectivity index (χ3n) is 3.13. The highest BCUT2D eigenvalue weighted by atomic mass is 35.5. The van der Waals surface area contributed by atoms with Crippen LogP contribution in [-0.4, -0.2) is 5.11 Å². The molecule has 0 fully saturated rings. The Morgan fingerprint density at radius 1 is 1.04 bits per heavy atom. The highest BCUT2D eigenvalue weighted by Gasteiger charge is 2.10. The fourth-order valence-electron chi connectivity index (χ4n) is 1.94. The van der Waals surface area contributed by atoms with Crippen molar-refractivity contribution in [1.29, 1.82) is 15.8 Å². The third-order valence-corrected chi connectivity index (χ3v) is 3.38. The Bertz CT molecular complexity index is 916. The standard InChI is InChI=1S/C18H11ClN4O2/c19-14-1-4-16(5-2-14)25-18-6-3-15(7-12(18)11-24)23-17(10-22)13(8-20)9-21/h1-7,23-24H,11H2. The van der Waals surface area contributed by atoms with E-state index in [9.17, 15) is 5.11 Å². The zero-order valence-electron chi connectivity index (χ0n) is 12.8. The Kier molecular flexibility index (Phi) is 5.98. The van der Waals surface area contributed by atoms with E-state index in [1.54, 1.807) is 60.7 Å².